The van der Waals surface area contributed by atoms with E-state index < -0.39 is 0 Å². The molecule has 0 N–H and O–H groups in total. The second-order valence-electron chi connectivity index (χ2n) is 7.57. The van der Waals surface area contributed by atoms with Crippen LogP contribution in [-0.2, 0) is 5.41 Å². The number of likely N-dealkylation sites (tertiary alicyclic amines) is 1. The molecule has 3 heteroatoms. The topological polar surface area (TPSA) is 21.7 Å². The van der Waals surface area contributed by atoms with E-state index in [1.165, 1.54) is 50.6 Å². The highest BCUT2D eigenvalue weighted by molar-refractivity contribution is 5.47. The van der Waals surface area contributed by atoms with Gasteiger partial charge >= 0.3 is 0 Å². The summed E-state index contributed by atoms with van der Waals surface area (Å²) in [5.74, 6) is 1.71. The van der Waals surface area contributed by atoms with Gasteiger partial charge < -0.3 is 14.4 Å². The van der Waals surface area contributed by atoms with Gasteiger partial charge in [0.25, 0.3) is 0 Å². The molecule has 0 amide bonds. The molecule has 1 aliphatic heterocycles. The highest BCUT2D eigenvalue weighted by Gasteiger charge is 2.63. The van der Waals surface area contributed by atoms with Crippen molar-refractivity contribution in [1.82, 2.24) is 4.90 Å². The van der Waals surface area contributed by atoms with Crippen LogP contribution in [0.2, 0.25) is 0 Å². The van der Waals surface area contributed by atoms with Crippen LogP contribution in [0.3, 0.4) is 0 Å². The fourth-order valence-corrected chi connectivity index (χ4v) is 5.55. The monoisotopic (exact) mass is 301 g/mol. The molecule has 0 radical (unpaired) electrons. The van der Waals surface area contributed by atoms with Crippen LogP contribution >= 0.6 is 0 Å². The SMILES string of the molecule is COc1ccc([C@@]23CCCC4(CC4)[C@@H]2N(C)CC3)cc1OC. The van der Waals surface area contributed by atoms with Crippen molar-refractivity contribution in [2.75, 3.05) is 27.8 Å². The molecule has 2 atom stereocenters. The molecule has 3 aliphatic rings. The smallest absolute Gasteiger partial charge is 0.161 e. The Bertz CT molecular complexity index is 577. The third-order valence-electron chi connectivity index (χ3n) is 6.60. The lowest BCUT2D eigenvalue weighted by molar-refractivity contribution is 0.0975. The zero-order chi connectivity index (χ0) is 15.4. The highest BCUT2D eigenvalue weighted by atomic mass is 16.5. The first-order valence-corrected chi connectivity index (χ1v) is 8.58. The second-order valence-corrected chi connectivity index (χ2v) is 7.57. The summed E-state index contributed by atoms with van der Waals surface area (Å²) in [7, 11) is 5.78. The van der Waals surface area contributed by atoms with Gasteiger partial charge in [-0.3, -0.25) is 0 Å². The van der Waals surface area contributed by atoms with Crippen LogP contribution in [0.25, 0.3) is 0 Å². The number of ether oxygens (including phenoxy) is 2. The number of nitrogens with zero attached hydrogens (tertiary/aromatic N) is 1. The molecular formula is C19H27NO2. The van der Waals surface area contributed by atoms with Crippen molar-refractivity contribution in [3.8, 4) is 11.5 Å². The minimum Gasteiger partial charge on any atom is -0.493 e. The van der Waals surface area contributed by atoms with Crippen LogP contribution in [0.15, 0.2) is 18.2 Å². The first-order chi connectivity index (χ1) is 10.6. The molecule has 1 saturated heterocycles. The van der Waals surface area contributed by atoms with E-state index in [0.29, 0.717) is 16.9 Å². The van der Waals surface area contributed by atoms with Gasteiger partial charge in [0.2, 0.25) is 0 Å². The Morgan fingerprint density at radius 1 is 1.00 bits per heavy atom. The number of hydrogen-bond donors (Lipinski definition) is 0. The summed E-state index contributed by atoms with van der Waals surface area (Å²) in [5.41, 5.74) is 2.39. The molecule has 22 heavy (non-hydrogen) atoms. The Morgan fingerprint density at radius 3 is 2.45 bits per heavy atom. The fourth-order valence-electron chi connectivity index (χ4n) is 5.55. The largest absolute Gasteiger partial charge is 0.493 e. The van der Waals surface area contributed by atoms with Crippen LogP contribution < -0.4 is 9.47 Å². The lowest BCUT2D eigenvalue weighted by Gasteiger charge is -2.47. The molecule has 4 rings (SSSR count). The highest BCUT2D eigenvalue weighted by Crippen LogP contribution is 2.65. The minimum absolute atomic E-state index is 0.322. The first-order valence-electron chi connectivity index (χ1n) is 8.58. The Balaban J connectivity index is 1.79. The summed E-state index contributed by atoms with van der Waals surface area (Å²) < 4.78 is 11.0. The molecule has 2 saturated carbocycles. The Hall–Kier alpha value is -1.22. The minimum atomic E-state index is 0.322. The van der Waals surface area contributed by atoms with Gasteiger partial charge in [-0.2, -0.15) is 0 Å². The Labute approximate surface area is 133 Å². The van der Waals surface area contributed by atoms with Gasteiger partial charge in [0.1, 0.15) is 0 Å². The number of hydrogen-bond acceptors (Lipinski definition) is 3. The molecule has 0 aromatic heterocycles. The molecular weight excluding hydrogens is 274 g/mol. The summed E-state index contributed by atoms with van der Waals surface area (Å²) >= 11 is 0. The van der Waals surface area contributed by atoms with Crippen LogP contribution in [0.1, 0.15) is 44.1 Å². The zero-order valence-electron chi connectivity index (χ0n) is 14.0. The van der Waals surface area contributed by atoms with E-state index in [-0.39, 0.29) is 0 Å². The molecule has 1 aromatic carbocycles. The number of methoxy groups -OCH3 is 2. The number of fused-ring (bicyclic) bond motifs is 2. The van der Waals surface area contributed by atoms with E-state index in [2.05, 4.69) is 30.1 Å². The van der Waals surface area contributed by atoms with E-state index >= 15 is 0 Å². The van der Waals surface area contributed by atoms with Crippen LogP contribution in [0, 0.1) is 5.41 Å². The fraction of sp³-hybridized carbons (Fsp3) is 0.684. The molecule has 0 unspecified atom stereocenters. The Kier molecular flexibility index (Phi) is 3.19. The van der Waals surface area contributed by atoms with Crippen molar-refractivity contribution in [3.63, 3.8) is 0 Å². The summed E-state index contributed by atoms with van der Waals surface area (Å²) in [6.45, 7) is 1.22. The van der Waals surface area contributed by atoms with E-state index in [1.807, 2.05) is 0 Å². The molecule has 3 fully saturated rings. The summed E-state index contributed by atoms with van der Waals surface area (Å²) in [4.78, 5) is 2.64. The average Bonchev–Trinajstić information content (AvgIpc) is 3.21. The van der Waals surface area contributed by atoms with E-state index in [0.717, 1.165) is 11.5 Å². The van der Waals surface area contributed by atoms with Gasteiger partial charge in [-0.15, -0.1) is 0 Å². The molecule has 1 heterocycles. The maximum atomic E-state index is 5.57. The van der Waals surface area contributed by atoms with Gasteiger partial charge in [-0.25, -0.2) is 0 Å². The van der Waals surface area contributed by atoms with Crippen LogP contribution in [-0.4, -0.2) is 38.8 Å². The Morgan fingerprint density at radius 2 is 1.77 bits per heavy atom. The average molecular weight is 301 g/mol. The van der Waals surface area contributed by atoms with Gasteiger partial charge in [0.05, 0.1) is 14.2 Å². The van der Waals surface area contributed by atoms with Gasteiger partial charge in [0.15, 0.2) is 11.5 Å². The van der Waals surface area contributed by atoms with Gasteiger partial charge in [-0.05, 0) is 68.8 Å². The molecule has 0 bridgehead atoms. The molecule has 1 aromatic rings. The number of likely N-dealkylation sites (N-methyl/N-ethyl adjacent to an activating group) is 1. The maximum absolute atomic E-state index is 5.57. The second kappa shape index (κ2) is 4.89. The van der Waals surface area contributed by atoms with Crippen molar-refractivity contribution in [2.45, 2.75) is 50.0 Å². The van der Waals surface area contributed by atoms with E-state index in [1.54, 1.807) is 14.2 Å². The molecule has 1 spiro atoms. The van der Waals surface area contributed by atoms with Crippen molar-refractivity contribution in [1.29, 1.82) is 0 Å². The third kappa shape index (κ3) is 1.84. The number of benzene rings is 1. The van der Waals surface area contributed by atoms with Crippen LogP contribution in [0.4, 0.5) is 0 Å². The third-order valence-corrected chi connectivity index (χ3v) is 6.60. The maximum Gasteiger partial charge on any atom is 0.161 e. The van der Waals surface area contributed by atoms with Crippen molar-refractivity contribution in [3.05, 3.63) is 23.8 Å². The lowest BCUT2D eigenvalue weighted by Crippen LogP contribution is -2.50. The predicted octanol–water partition coefficient (Wildman–Crippen LogP) is 3.61. The summed E-state index contributed by atoms with van der Waals surface area (Å²) in [5, 5.41) is 0. The quantitative estimate of drug-likeness (QED) is 0.851. The molecule has 2 aliphatic carbocycles. The normalized spacial score (nSPS) is 32.8. The lowest BCUT2D eigenvalue weighted by atomic mass is 9.61. The summed E-state index contributed by atoms with van der Waals surface area (Å²) in [6, 6.07) is 7.33. The molecule has 3 nitrogen and oxygen atoms in total. The predicted molar refractivity (Wildman–Crippen MR) is 87.8 cm³/mol. The van der Waals surface area contributed by atoms with Crippen molar-refractivity contribution < 1.29 is 9.47 Å². The van der Waals surface area contributed by atoms with Crippen molar-refractivity contribution in [2.24, 2.45) is 5.41 Å². The zero-order valence-corrected chi connectivity index (χ0v) is 14.0. The van der Waals surface area contributed by atoms with E-state index in [4.69, 9.17) is 9.47 Å². The standard InChI is InChI=1S/C19H27NO2/c1-20-12-11-19(8-4-7-18(9-10-18)17(19)20)14-5-6-15(21-2)16(13-14)22-3/h5-6,13,17H,4,7-12H2,1-3H3/t17-,19-/m0/s1. The van der Waals surface area contributed by atoms with E-state index in [9.17, 15) is 0 Å². The molecule has 120 valence electrons. The van der Waals surface area contributed by atoms with Gasteiger partial charge in [-0.1, -0.05) is 12.5 Å². The summed E-state index contributed by atoms with van der Waals surface area (Å²) in [6.07, 6.45) is 8.26. The van der Waals surface area contributed by atoms with Crippen LogP contribution in [0.5, 0.6) is 11.5 Å². The first kappa shape index (κ1) is 14.4. The van der Waals surface area contributed by atoms with Gasteiger partial charge in [0, 0.05) is 11.5 Å². The number of rotatable bonds is 3. The van der Waals surface area contributed by atoms with Crippen molar-refractivity contribution >= 4 is 0 Å².